The Balaban J connectivity index is 2.67. The molecule has 0 aromatic heterocycles. The number of hydrogen-bond acceptors (Lipinski definition) is 10. The summed E-state index contributed by atoms with van der Waals surface area (Å²) in [6, 6.07) is 3.36. The maximum Gasteiger partial charge on any atom is 0.338 e. The Morgan fingerprint density at radius 3 is 1.63 bits per heavy atom. The van der Waals surface area contributed by atoms with Crippen molar-refractivity contribution in [2.45, 2.75) is 53.8 Å². The molecule has 0 radical (unpaired) electrons. The monoisotopic (exact) mass is 598 g/mol. The van der Waals surface area contributed by atoms with Crippen LogP contribution in [0.4, 0.5) is 0 Å². The van der Waals surface area contributed by atoms with Crippen LogP contribution in [0.3, 0.4) is 0 Å². The first-order valence-corrected chi connectivity index (χ1v) is 13.9. The molecule has 0 spiro atoms. The number of aliphatic hydroxyl groups is 1. The highest BCUT2D eigenvalue weighted by molar-refractivity contribution is 5.95. The van der Waals surface area contributed by atoms with Crippen LogP contribution in [0.25, 0.3) is 11.1 Å². The Bertz CT molecular complexity index is 1440. The quantitative estimate of drug-likeness (QED) is 0.205. The molecule has 1 aliphatic rings. The fourth-order valence-electron chi connectivity index (χ4n) is 5.14. The van der Waals surface area contributed by atoms with Crippen LogP contribution in [0.15, 0.2) is 35.4 Å². The third kappa shape index (κ3) is 6.01. The predicted molar refractivity (Wildman–Crippen MR) is 161 cm³/mol. The van der Waals surface area contributed by atoms with Crippen molar-refractivity contribution in [1.29, 1.82) is 0 Å². The zero-order valence-corrected chi connectivity index (χ0v) is 26.7. The highest BCUT2D eigenvalue weighted by atomic mass is 16.6. The number of methoxy groups -OCH3 is 5. The van der Waals surface area contributed by atoms with E-state index in [0.29, 0.717) is 39.1 Å². The number of carbonyl (C=O) groups excluding carboxylic acids is 2. The standard InChI is InChI=1S/C33H42O10/c1-12-16(3)32(35)42-27-19(6)18(5)26(34)20-14-22(37-7)28(39-9)30(41-11)24(20)25-21(27)15-23(38-8)29(40-10)31(25)43-33(36)17(4)13-2/h12-15,18-19,26-27,34H,1-11H3/b16-12-,17-13-/t18-,19+,26-,27-/m1/s1. The molecule has 10 nitrogen and oxygen atoms in total. The molecule has 1 N–H and O–H groups in total. The minimum Gasteiger partial charge on any atom is -0.493 e. The van der Waals surface area contributed by atoms with Gasteiger partial charge in [0.1, 0.15) is 6.10 Å². The molecule has 3 rings (SSSR count). The van der Waals surface area contributed by atoms with E-state index in [1.807, 2.05) is 13.8 Å². The normalized spacial score (nSPS) is 20.1. The summed E-state index contributed by atoms with van der Waals surface area (Å²) in [4.78, 5) is 26.5. The van der Waals surface area contributed by atoms with Gasteiger partial charge in [0.05, 0.1) is 41.7 Å². The number of allylic oxidation sites excluding steroid dienone is 2. The molecule has 0 amide bonds. The molecule has 234 valence electrons. The molecule has 4 atom stereocenters. The molecule has 10 heteroatoms. The summed E-state index contributed by atoms with van der Waals surface area (Å²) in [5, 5.41) is 11.9. The van der Waals surface area contributed by atoms with Gasteiger partial charge in [-0.1, -0.05) is 26.0 Å². The van der Waals surface area contributed by atoms with Gasteiger partial charge in [0, 0.05) is 33.8 Å². The summed E-state index contributed by atoms with van der Waals surface area (Å²) in [7, 11) is 7.29. The van der Waals surface area contributed by atoms with Gasteiger partial charge < -0.3 is 38.3 Å². The lowest BCUT2D eigenvalue weighted by Crippen LogP contribution is -2.29. The molecule has 0 heterocycles. The third-order valence-electron chi connectivity index (χ3n) is 8.14. The molecule has 0 unspecified atom stereocenters. The minimum atomic E-state index is -1.09. The van der Waals surface area contributed by atoms with Crippen molar-refractivity contribution in [3.05, 3.63) is 46.6 Å². The zero-order valence-electron chi connectivity index (χ0n) is 26.7. The first-order valence-electron chi connectivity index (χ1n) is 13.9. The Morgan fingerprint density at radius 2 is 1.14 bits per heavy atom. The van der Waals surface area contributed by atoms with Gasteiger partial charge in [-0.05, 0) is 51.3 Å². The third-order valence-corrected chi connectivity index (χ3v) is 8.14. The van der Waals surface area contributed by atoms with Crippen molar-refractivity contribution < 1.29 is 47.9 Å². The van der Waals surface area contributed by atoms with Crippen LogP contribution in [0.2, 0.25) is 0 Å². The summed E-state index contributed by atoms with van der Waals surface area (Å²) < 4.78 is 40.9. The highest BCUT2D eigenvalue weighted by Crippen LogP contribution is 2.59. The molecule has 1 aliphatic carbocycles. The lowest BCUT2D eigenvalue weighted by atomic mass is 9.74. The predicted octanol–water partition coefficient (Wildman–Crippen LogP) is 6.14. The Morgan fingerprint density at radius 1 is 0.674 bits per heavy atom. The summed E-state index contributed by atoms with van der Waals surface area (Å²) in [6.45, 7) is 10.5. The Hall–Kier alpha value is -4.18. The molecule has 0 aliphatic heterocycles. The first-order chi connectivity index (χ1) is 20.4. The molecule has 2 aromatic carbocycles. The molecule has 0 bridgehead atoms. The number of aliphatic hydroxyl groups excluding tert-OH is 1. The largest absolute Gasteiger partial charge is 0.493 e. The average molecular weight is 599 g/mol. The highest BCUT2D eigenvalue weighted by Gasteiger charge is 2.42. The van der Waals surface area contributed by atoms with Gasteiger partial charge in [-0.25, -0.2) is 9.59 Å². The van der Waals surface area contributed by atoms with Crippen molar-refractivity contribution in [3.8, 4) is 45.6 Å². The summed E-state index contributed by atoms with van der Waals surface area (Å²) in [5.41, 5.74) is 2.29. The smallest absolute Gasteiger partial charge is 0.338 e. The average Bonchev–Trinajstić information content (AvgIpc) is 3.02. The van der Waals surface area contributed by atoms with Gasteiger partial charge in [-0.2, -0.15) is 0 Å². The second kappa shape index (κ2) is 13.9. The number of rotatable bonds is 9. The Kier molecular flexibility index (Phi) is 10.7. The fraction of sp³-hybridized carbons (Fsp3) is 0.455. The summed E-state index contributed by atoms with van der Waals surface area (Å²) in [6.07, 6.45) is 1.27. The van der Waals surface area contributed by atoms with Gasteiger partial charge >= 0.3 is 11.9 Å². The summed E-state index contributed by atoms with van der Waals surface area (Å²) in [5.74, 6) is -0.915. The number of esters is 2. The number of benzene rings is 2. The van der Waals surface area contributed by atoms with Crippen LogP contribution < -0.4 is 28.4 Å². The zero-order chi connectivity index (χ0) is 32.2. The van der Waals surface area contributed by atoms with Crippen molar-refractivity contribution in [2.24, 2.45) is 11.8 Å². The first kappa shape index (κ1) is 33.3. The van der Waals surface area contributed by atoms with Crippen molar-refractivity contribution in [3.63, 3.8) is 0 Å². The molecule has 43 heavy (non-hydrogen) atoms. The lowest BCUT2D eigenvalue weighted by Gasteiger charge is -2.37. The van der Waals surface area contributed by atoms with Gasteiger partial charge in [-0.3, -0.25) is 0 Å². The van der Waals surface area contributed by atoms with Crippen LogP contribution in [-0.2, 0) is 14.3 Å². The van der Waals surface area contributed by atoms with Crippen LogP contribution >= 0.6 is 0 Å². The van der Waals surface area contributed by atoms with Gasteiger partial charge in [0.25, 0.3) is 0 Å². The van der Waals surface area contributed by atoms with E-state index in [4.69, 9.17) is 33.2 Å². The van der Waals surface area contributed by atoms with Gasteiger partial charge in [0.2, 0.25) is 11.5 Å². The summed E-state index contributed by atoms with van der Waals surface area (Å²) >= 11 is 0. The molecular weight excluding hydrogens is 556 g/mol. The van der Waals surface area contributed by atoms with Crippen molar-refractivity contribution in [2.75, 3.05) is 35.5 Å². The topological polar surface area (TPSA) is 119 Å². The van der Waals surface area contributed by atoms with Crippen LogP contribution in [0.5, 0.6) is 34.5 Å². The molecular formula is C33H42O10. The van der Waals surface area contributed by atoms with E-state index in [1.165, 1.54) is 35.5 Å². The fourth-order valence-corrected chi connectivity index (χ4v) is 5.14. The molecule has 0 saturated carbocycles. The van der Waals surface area contributed by atoms with Crippen LogP contribution in [-0.4, -0.2) is 52.6 Å². The lowest BCUT2D eigenvalue weighted by molar-refractivity contribution is -0.149. The van der Waals surface area contributed by atoms with E-state index in [1.54, 1.807) is 52.0 Å². The van der Waals surface area contributed by atoms with E-state index >= 15 is 0 Å². The van der Waals surface area contributed by atoms with Gasteiger partial charge in [0.15, 0.2) is 23.0 Å². The Labute approximate surface area is 253 Å². The van der Waals surface area contributed by atoms with E-state index < -0.39 is 36.0 Å². The van der Waals surface area contributed by atoms with Crippen LogP contribution in [0, 0.1) is 11.8 Å². The molecule has 0 fully saturated rings. The number of fused-ring (bicyclic) bond motifs is 3. The SMILES string of the molecule is C/C=C(/C)C(=O)Oc1c(OC)c(OC)cc2c1-c1c(cc(OC)c(OC)c1OC)[C@H](O)[C@H](C)[C@H](C)[C@H]2OC(=O)/C(C)=C\C. The minimum absolute atomic E-state index is 0.00687. The maximum absolute atomic E-state index is 13.3. The van der Waals surface area contributed by atoms with E-state index in [2.05, 4.69) is 0 Å². The van der Waals surface area contributed by atoms with E-state index in [0.717, 1.165) is 0 Å². The van der Waals surface area contributed by atoms with Gasteiger partial charge in [-0.15, -0.1) is 0 Å². The number of carbonyl (C=O) groups is 2. The van der Waals surface area contributed by atoms with E-state index in [9.17, 15) is 14.7 Å². The van der Waals surface area contributed by atoms with Crippen molar-refractivity contribution in [1.82, 2.24) is 0 Å². The number of hydrogen-bond donors (Lipinski definition) is 1. The van der Waals surface area contributed by atoms with Crippen molar-refractivity contribution >= 4 is 11.9 Å². The van der Waals surface area contributed by atoms with Crippen LogP contribution in [0.1, 0.15) is 64.9 Å². The maximum atomic E-state index is 13.3. The molecule has 0 saturated heterocycles. The second-order valence-corrected chi connectivity index (χ2v) is 10.3. The second-order valence-electron chi connectivity index (χ2n) is 10.3. The number of ether oxygens (including phenoxy) is 7. The molecule has 2 aromatic rings. The van der Waals surface area contributed by atoms with E-state index in [-0.39, 0.29) is 28.7 Å².